The third kappa shape index (κ3) is 3.88. The maximum absolute atomic E-state index is 5.73. The van der Waals surface area contributed by atoms with Crippen LogP contribution in [0.3, 0.4) is 0 Å². The van der Waals surface area contributed by atoms with Crippen molar-refractivity contribution in [1.82, 2.24) is 0 Å². The zero-order valence-electron chi connectivity index (χ0n) is 13.2. The van der Waals surface area contributed by atoms with Crippen molar-refractivity contribution in [2.75, 3.05) is 6.54 Å². The van der Waals surface area contributed by atoms with Crippen molar-refractivity contribution >= 4 is 23.8 Å². The highest BCUT2D eigenvalue weighted by molar-refractivity contribution is 7.79. The summed E-state index contributed by atoms with van der Waals surface area (Å²) in [5.41, 5.74) is 7.16. The van der Waals surface area contributed by atoms with Crippen LogP contribution in [0.4, 0.5) is 0 Å². The third-order valence-corrected chi connectivity index (χ3v) is 6.46. The minimum atomic E-state index is -0.524. The molecule has 3 aromatic carbocycles. The van der Waals surface area contributed by atoms with E-state index in [1.165, 1.54) is 21.5 Å². The average molecular weight is 319 g/mol. The fourth-order valence-electron chi connectivity index (χ4n) is 2.81. The summed E-state index contributed by atoms with van der Waals surface area (Å²) in [6, 6.07) is 30.5. The summed E-state index contributed by atoms with van der Waals surface area (Å²) in [6.07, 6.45) is 2.08. The molecule has 0 aliphatic rings. The van der Waals surface area contributed by atoms with Crippen LogP contribution in [-0.4, -0.2) is 6.54 Å². The van der Waals surface area contributed by atoms with Gasteiger partial charge in [-0.2, -0.15) is 0 Å². The maximum Gasteiger partial charge on any atom is -0.00741 e. The van der Waals surface area contributed by atoms with Gasteiger partial charge in [0.25, 0.3) is 0 Å². The molecule has 2 N–H and O–H groups in total. The summed E-state index contributed by atoms with van der Waals surface area (Å²) in [6.45, 7) is 0.739. The van der Waals surface area contributed by atoms with Crippen molar-refractivity contribution in [3.63, 3.8) is 0 Å². The van der Waals surface area contributed by atoms with Crippen molar-refractivity contribution in [3.05, 3.63) is 90.5 Å². The van der Waals surface area contributed by atoms with E-state index in [2.05, 4.69) is 84.9 Å². The standard InChI is InChI=1S/C21H22NP/c22-17-9-11-18-10-7-8-16-21(18)23(19-12-3-1-4-13-19)20-14-5-2-6-15-20/h1-8,10,12-16H,9,11,17,22H2. The van der Waals surface area contributed by atoms with Gasteiger partial charge in [-0.1, -0.05) is 84.9 Å². The summed E-state index contributed by atoms with van der Waals surface area (Å²) in [4.78, 5) is 0. The molecule has 0 bridgehead atoms. The number of hydrogen-bond donors (Lipinski definition) is 1. The Balaban J connectivity index is 2.10. The summed E-state index contributed by atoms with van der Waals surface area (Å²) in [7, 11) is -0.524. The molecule has 0 atom stereocenters. The summed E-state index contributed by atoms with van der Waals surface area (Å²) in [5.74, 6) is 0. The lowest BCUT2D eigenvalue weighted by Gasteiger charge is -2.22. The monoisotopic (exact) mass is 319 g/mol. The van der Waals surface area contributed by atoms with Crippen LogP contribution in [-0.2, 0) is 6.42 Å². The molecule has 3 rings (SSSR count). The van der Waals surface area contributed by atoms with E-state index >= 15 is 0 Å². The van der Waals surface area contributed by atoms with Gasteiger partial charge < -0.3 is 5.73 Å². The Morgan fingerprint density at radius 1 is 0.652 bits per heavy atom. The molecule has 0 unspecified atom stereocenters. The van der Waals surface area contributed by atoms with Gasteiger partial charge in [0.15, 0.2) is 0 Å². The second-order valence-corrected chi connectivity index (χ2v) is 7.71. The molecule has 0 aromatic heterocycles. The number of benzene rings is 3. The molecule has 0 saturated carbocycles. The molecule has 0 spiro atoms. The molecule has 3 aromatic rings. The first-order valence-electron chi connectivity index (χ1n) is 8.08. The lowest BCUT2D eigenvalue weighted by molar-refractivity contribution is 0.836. The Morgan fingerprint density at radius 2 is 1.17 bits per heavy atom. The van der Waals surface area contributed by atoms with Crippen LogP contribution >= 0.6 is 7.92 Å². The largest absolute Gasteiger partial charge is 0.330 e. The normalized spacial score (nSPS) is 10.9. The second-order valence-electron chi connectivity index (χ2n) is 5.53. The van der Waals surface area contributed by atoms with Crippen LogP contribution in [0.15, 0.2) is 84.9 Å². The predicted octanol–water partition coefficient (Wildman–Crippen LogP) is 3.34. The van der Waals surface area contributed by atoms with Crippen LogP contribution in [0.1, 0.15) is 12.0 Å². The zero-order valence-corrected chi connectivity index (χ0v) is 14.1. The highest BCUT2D eigenvalue weighted by atomic mass is 31.1. The van der Waals surface area contributed by atoms with Gasteiger partial charge in [-0.05, 0) is 48.8 Å². The van der Waals surface area contributed by atoms with Crippen LogP contribution in [0.25, 0.3) is 0 Å². The lowest BCUT2D eigenvalue weighted by Crippen LogP contribution is -2.23. The second kappa shape index (κ2) is 8.06. The van der Waals surface area contributed by atoms with E-state index in [-0.39, 0.29) is 0 Å². The number of nitrogens with two attached hydrogens (primary N) is 1. The molecule has 0 radical (unpaired) electrons. The highest BCUT2D eigenvalue weighted by Gasteiger charge is 2.18. The molecule has 0 aliphatic heterocycles. The SMILES string of the molecule is NCCCc1ccccc1P(c1ccccc1)c1ccccc1. The maximum atomic E-state index is 5.73. The first-order chi connectivity index (χ1) is 11.4. The minimum Gasteiger partial charge on any atom is -0.330 e. The fourth-order valence-corrected chi connectivity index (χ4v) is 5.32. The van der Waals surface area contributed by atoms with Gasteiger partial charge in [0.2, 0.25) is 0 Å². The first kappa shape index (κ1) is 15.9. The van der Waals surface area contributed by atoms with E-state index in [1.807, 2.05) is 0 Å². The minimum absolute atomic E-state index is 0.524. The van der Waals surface area contributed by atoms with E-state index in [4.69, 9.17) is 5.73 Å². The van der Waals surface area contributed by atoms with E-state index in [9.17, 15) is 0 Å². The molecule has 2 heteroatoms. The van der Waals surface area contributed by atoms with Crippen LogP contribution in [0.2, 0.25) is 0 Å². The van der Waals surface area contributed by atoms with E-state index in [0.29, 0.717) is 0 Å². The third-order valence-electron chi connectivity index (χ3n) is 3.91. The van der Waals surface area contributed by atoms with Crippen molar-refractivity contribution in [2.24, 2.45) is 5.73 Å². The number of rotatable bonds is 6. The Labute approximate surface area is 139 Å². The van der Waals surface area contributed by atoms with Crippen molar-refractivity contribution in [3.8, 4) is 0 Å². The number of aryl methyl sites for hydroxylation is 1. The molecule has 0 amide bonds. The van der Waals surface area contributed by atoms with Gasteiger partial charge in [-0.25, -0.2) is 0 Å². The zero-order chi connectivity index (χ0) is 15.9. The smallest absolute Gasteiger partial charge is 0.00741 e. The van der Waals surface area contributed by atoms with Gasteiger partial charge >= 0.3 is 0 Å². The number of hydrogen-bond acceptors (Lipinski definition) is 1. The molecular formula is C21H22NP. The quantitative estimate of drug-likeness (QED) is 0.693. The predicted molar refractivity (Wildman–Crippen MR) is 103 cm³/mol. The summed E-state index contributed by atoms with van der Waals surface area (Å²) < 4.78 is 0. The topological polar surface area (TPSA) is 26.0 Å². The Kier molecular flexibility index (Phi) is 5.58. The molecular weight excluding hydrogens is 297 g/mol. The molecule has 23 heavy (non-hydrogen) atoms. The molecule has 1 nitrogen and oxygen atoms in total. The molecule has 116 valence electrons. The van der Waals surface area contributed by atoms with Gasteiger partial charge in [0, 0.05) is 0 Å². The fraction of sp³-hybridized carbons (Fsp3) is 0.143. The summed E-state index contributed by atoms with van der Waals surface area (Å²) >= 11 is 0. The van der Waals surface area contributed by atoms with Crippen molar-refractivity contribution in [1.29, 1.82) is 0 Å². The van der Waals surface area contributed by atoms with Crippen molar-refractivity contribution in [2.45, 2.75) is 12.8 Å². The van der Waals surface area contributed by atoms with E-state index in [0.717, 1.165) is 19.4 Å². The first-order valence-corrected chi connectivity index (χ1v) is 9.42. The Bertz CT molecular complexity index is 686. The summed E-state index contributed by atoms with van der Waals surface area (Å²) in [5, 5.41) is 4.25. The van der Waals surface area contributed by atoms with Gasteiger partial charge in [-0.3, -0.25) is 0 Å². The van der Waals surface area contributed by atoms with Gasteiger partial charge in [0.1, 0.15) is 0 Å². The van der Waals surface area contributed by atoms with Gasteiger partial charge in [0.05, 0.1) is 0 Å². The molecule has 0 heterocycles. The average Bonchev–Trinajstić information content (AvgIpc) is 2.63. The molecule has 0 fully saturated rings. The van der Waals surface area contributed by atoms with Gasteiger partial charge in [-0.15, -0.1) is 0 Å². The van der Waals surface area contributed by atoms with Crippen LogP contribution < -0.4 is 21.6 Å². The van der Waals surface area contributed by atoms with Crippen LogP contribution in [0, 0.1) is 0 Å². The molecule has 0 saturated heterocycles. The Hall–Kier alpha value is -1.95. The lowest BCUT2D eigenvalue weighted by atomic mass is 10.1. The van der Waals surface area contributed by atoms with E-state index in [1.54, 1.807) is 0 Å². The van der Waals surface area contributed by atoms with E-state index < -0.39 is 7.92 Å². The van der Waals surface area contributed by atoms with Crippen LogP contribution in [0.5, 0.6) is 0 Å². The van der Waals surface area contributed by atoms with Crippen molar-refractivity contribution < 1.29 is 0 Å². The molecule has 0 aliphatic carbocycles. The Morgan fingerprint density at radius 3 is 1.74 bits per heavy atom. The highest BCUT2D eigenvalue weighted by Crippen LogP contribution is 2.34.